The predicted molar refractivity (Wildman–Crippen MR) is 109 cm³/mol. The number of carbonyl (C=O) groups excluding carboxylic acids is 1. The highest BCUT2D eigenvalue weighted by Gasteiger charge is 2.07. The first kappa shape index (κ1) is 19.3. The van der Waals surface area contributed by atoms with Crippen molar-refractivity contribution in [3.05, 3.63) is 76.6 Å². The van der Waals surface area contributed by atoms with Crippen LogP contribution in [-0.2, 0) is 16.1 Å². The van der Waals surface area contributed by atoms with Crippen LogP contribution in [0.1, 0.15) is 17.0 Å². The maximum absolute atomic E-state index is 11.9. The van der Waals surface area contributed by atoms with Crippen LogP contribution in [0, 0.1) is 6.92 Å². The van der Waals surface area contributed by atoms with Gasteiger partial charge < -0.3 is 15.8 Å². The molecule has 0 spiro atoms. The first-order valence-electron chi connectivity index (χ1n) is 8.42. The Morgan fingerprint density at radius 2 is 1.96 bits per heavy atom. The molecule has 0 atom stereocenters. The van der Waals surface area contributed by atoms with Crippen molar-refractivity contribution < 1.29 is 9.53 Å². The molecule has 0 aliphatic heterocycles. The Morgan fingerprint density at radius 3 is 2.71 bits per heavy atom. The normalized spacial score (nSPS) is 10.8. The summed E-state index contributed by atoms with van der Waals surface area (Å²) in [5.41, 5.74) is 8.46. The molecule has 28 heavy (non-hydrogen) atoms. The van der Waals surface area contributed by atoms with Crippen LogP contribution in [0.3, 0.4) is 0 Å². The molecule has 7 nitrogen and oxygen atoms in total. The zero-order valence-electron chi connectivity index (χ0n) is 15.1. The van der Waals surface area contributed by atoms with Gasteiger partial charge in [0.05, 0.1) is 0 Å². The molecule has 0 radical (unpaired) electrons. The molecule has 0 aliphatic rings. The summed E-state index contributed by atoms with van der Waals surface area (Å²) in [4.78, 5) is 24.2. The molecule has 0 saturated carbocycles. The average molecular weight is 396 g/mol. The number of benzene rings is 2. The van der Waals surface area contributed by atoms with E-state index in [1.807, 2.05) is 37.3 Å². The standard InChI is InChI=1S/C20H18ClN5O2/c1-13-5-8-16(9-6-13)23-20-25-17(24-19(22)26-20)12-28-18(27)10-7-14-3-2-4-15(21)11-14/h2-11H,12H2,1H3,(H3,22,23,24,25,26)/b10-7+. The van der Waals surface area contributed by atoms with E-state index in [-0.39, 0.29) is 24.3 Å². The minimum absolute atomic E-state index is 0.0325. The lowest BCUT2D eigenvalue weighted by molar-refractivity contribution is -0.139. The third-order valence-electron chi connectivity index (χ3n) is 3.61. The third-order valence-corrected chi connectivity index (χ3v) is 3.85. The van der Waals surface area contributed by atoms with Crippen molar-refractivity contribution in [2.24, 2.45) is 0 Å². The number of aromatic nitrogens is 3. The van der Waals surface area contributed by atoms with E-state index in [2.05, 4.69) is 20.3 Å². The van der Waals surface area contributed by atoms with Crippen LogP contribution in [0.4, 0.5) is 17.6 Å². The van der Waals surface area contributed by atoms with Crippen molar-refractivity contribution in [3.8, 4) is 0 Å². The van der Waals surface area contributed by atoms with Crippen LogP contribution in [0.25, 0.3) is 6.08 Å². The summed E-state index contributed by atoms with van der Waals surface area (Å²) in [5.74, 6) is 0.0145. The highest BCUT2D eigenvalue weighted by Crippen LogP contribution is 2.15. The summed E-state index contributed by atoms with van der Waals surface area (Å²) < 4.78 is 5.16. The number of nitrogens with one attached hydrogen (secondary N) is 1. The van der Waals surface area contributed by atoms with Gasteiger partial charge in [-0.05, 0) is 42.8 Å². The largest absolute Gasteiger partial charge is 0.454 e. The van der Waals surface area contributed by atoms with Gasteiger partial charge in [-0.3, -0.25) is 0 Å². The minimum atomic E-state index is -0.535. The van der Waals surface area contributed by atoms with Gasteiger partial charge in [-0.1, -0.05) is 41.4 Å². The second-order valence-electron chi connectivity index (χ2n) is 5.92. The third kappa shape index (κ3) is 5.78. The molecule has 3 aromatic rings. The van der Waals surface area contributed by atoms with Crippen molar-refractivity contribution in [1.82, 2.24) is 15.0 Å². The first-order valence-corrected chi connectivity index (χ1v) is 8.80. The molecule has 1 heterocycles. The van der Waals surface area contributed by atoms with Gasteiger partial charge in [0.15, 0.2) is 12.4 Å². The molecular formula is C20H18ClN5O2. The topological polar surface area (TPSA) is 103 Å². The molecule has 0 amide bonds. The molecule has 0 unspecified atom stereocenters. The van der Waals surface area contributed by atoms with Crippen LogP contribution >= 0.6 is 11.6 Å². The van der Waals surface area contributed by atoms with E-state index in [1.54, 1.807) is 24.3 Å². The molecule has 0 fully saturated rings. The highest BCUT2D eigenvalue weighted by molar-refractivity contribution is 6.30. The first-order chi connectivity index (χ1) is 13.5. The number of ether oxygens (including phenoxy) is 1. The van der Waals surface area contributed by atoms with E-state index in [1.165, 1.54) is 6.08 Å². The van der Waals surface area contributed by atoms with Crippen molar-refractivity contribution in [1.29, 1.82) is 0 Å². The van der Waals surface area contributed by atoms with Crippen LogP contribution < -0.4 is 11.1 Å². The molecule has 0 bridgehead atoms. The molecule has 142 valence electrons. The van der Waals surface area contributed by atoms with Crippen molar-refractivity contribution >= 4 is 41.2 Å². The fourth-order valence-corrected chi connectivity index (χ4v) is 2.48. The number of hydrogen-bond donors (Lipinski definition) is 2. The summed E-state index contributed by atoms with van der Waals surface area (Å²) in [5, 5.41) is 3.63. The van der Waals surface area contributed by atoms with Crippen LogP contribution in [0.5, 0.6) is 0 Å². The molecule has 3 N–H and O–H groups in total. The second kappa shape index (κ2) is 8.96. The number of nitrogens with zero attached hydrogens (tertiary/aromatic N) is 3. The Balaban J connectivity index is 1.61. The fourth-order valence-electron chi connectivity index (χ4n) is 2.28. The van der Waals surface area contributed by atoms with Crippen molar-refractivity contribution in [3.63, 3.8) is 0 Å². The van der Waals surface area contributed by atoms with E-state index in [4.69, 9.17) is 22.1 Å². The van der Waals surface area contributed by atoms with Gasteiger partial charge in [0.1, 0.15) is 0 Å². The Hall–Kier alpha value is -3.45. The van der Waals surface area contributed by atoms with Crippen LogP contribution in [0.2, 0.25) is 5.02 Å². The molecule has 0 saturated heterocycles. The molecule has 2 aromatic carbocycles. The molecule has 3 rings (SSSR count). The van der Waals surface area contributed by atoms with E-state index >= 15 is 0 Å². The number of anilines is 3. The molecule has 0 aliphatic carbocycles. The number of nitrogen functional groups attached to an aromatic ring is 1. The van der Waals surface area contributed by atoms with E-state index in [9.17, 15) is 4.79 Å². The average Bonchev–Trinajstić information content (AvgIpc) is 2.66. The second-order valence-corrected chi connectivity index (χ2v) is 6.36. The smallest absolute Gasteiger partial charge is 0.331 e. The Kier molecular flexibility index (Phi) is 6.18. The van der Waals surface area contributed by atoms with Gasteiger partial charge >= 0.3 is 5.97 Å². The minimum Gasteiger partial charge on any atom is -0.454 e. The van der Waals surface area contributed by atoms with Gasteiger partial charge in [-0.15, -0.1) is 0 Å². The number of carbonyl (C=O) groups is 1. The molecule has 1 aromatic heterocycles. The maximum Gasteiger partial charge on any atom is 0.331 e. The summed E-state index contributed by atoms with van der Waals surface area (Å²) in [6.45, 7) is 1.87. The zero-order chi connectivity index (χ0) is 19.9. The van der Waals surface area contributed by atoms with Crippen LogP contribution in [0.15, 0.2) is 54.6 Å². The number of hydrogen-bond acceptors (Lipinski definition) is 7. The quantitative estimate of drug-likeness (QED) is 0.481. The number of rotatable bonds is 6. The van der Waals surface area contributed by atoms with Crippen LogP contribution in [-0.4, -0.2) is 20.9 Å². The monoisotopic (exact) mass is 395 g/mol. The molecular weight excluding hydrogens is 378 g/mol. The van der Waals surface area contributed by atoms with Crippen molar-refractivity contribution in [2.45, 2.75) is 13.5 Å². The van der Waals surface area contributed by atoms with Gasteiger partial charge in [0.25, 0.3) is 0 Å². The Bertz CT molecular complexity index is 1010. The van der Waals surface area contributed by atoms with E-state index in [0.29, 0.717) is 5.02 Å². The zero-order valence-corrected chi connectivity index (χ0v) is 15.8. The SMILES string of the molecule is Cc1ccc(Nc2nc(N)nc(COC(=O)/C=C/c3cccc(Cl)c3)n2)cc1. The predicted octanol–water partition coefficient (Wildman–Crippen LogP) is 3.92. The number of halogens is 1. The van der Waals surface area contributed by atoms with Gasteiger partial charge in [0, 0.05) is 16.8 Å². The maximum atomic E-state index is 11.9. The summed E-state index contributed by atoms with van der Waals surface area (Å²) >= 11 is 5.91. The lowest BCUT2D eigenvalue weighted by Gasteiger charge is -2.07. The highest BCUT2D eigenvalue weighted by atomic mass is 35.5. The molecule has 8 heteroatoms. The fraction of sp³-hybridized carbons (Fsp3) is 0.100. The lowest BCUT2D eigenvalue weighted by Crippen LogP contribution is -2.10. The summed E-state index contributed by atoms with van der Waals surface area (Å²) in [7, 11) is 0. The van der Waals surface area contributed by atoms with E-state index in [0.717, 1.165) is 16.8 Å². The van der Waals surface area contributed by atoms with Gasteiger partial charge in [0.2, 0.25) is 11.9 Å². The van der Waals surface area contributed by atoms with Crippen molar-refractivity contribution in [2.75, 3.05) is 11.1 Å². The number of aryl methyl sites for hydroxylation is 1. The number of nitrogens with two attached hydrogens (primary N) is 1. The van der Waals surface area contributed by atoms with Gasteiger partial charge in [-0.2, -0.15) is 15.0 Å². The Morgan fingerprint density at radius 1 is 1.18 bits per heavy atom. The van der Waals surface area contributed by atoms with Gasteiger partial charge in [-0.25, -0.2) is 4.79 Å². The summed E-state index contributed by atoms with van der Waals surface area (Å²) in [6.07, 6.45) is 2.92. The number of esters is 1. The summed E-state index contributed by atoms with van der Waals surface area (Å²) in [6, 6.07) is 14.8. The van der Waals surface area contributed by atoms with E-state index < -0.39 is 5.97 Å². The Labute approximate surface area is 167 Å². The lowest BCUT2D eigenvalue weighted by atomic mass is 10.2.